The maximum Gasteiger partial charge on any atom is 0.492 e. The van der Waals surface area contributed by atoms with E-state index in [2.05, 4.69) is 5.32 Å². The Morgan fingerprint density at radius 3 is 2.36 bits per heavy atom. The van der Waals surface area contributed by atoms with Crippen LogP contribution in [0.4, 0.5) is 0 Å². The van der Waals surface area contributed by atoms with Crippen molar-refractivity contribution in [1.29, 1.82) is 0 Å². The Kier molecular flexibility index (Phi) is 5.39. The molecule has 25 heavy (non-hydrogen) atoms. The molecule has 1 aromatic carbocycles. The largest absolute Gasteiger partial charge is 0.507 e. The van der Waals surface area contributed by atoms with E-state index >= 15 is 0 Å². The van der Waals surface area contributed by atoms with Crippen LogP contribution in [0, 0.1) is 0 Å². The zero-order valence-electron chi connectivity index (χ0n) is 15.3. The first-order valence-corrected chi connectivity index (χ1v) is 8.15. The third-order valence-corrected chi connectivity index (χ3v) is 4.67. The Morgan fingerprint density at radius 2 is 1.84 bits per heavy atom. The molecule has 1 aliphatic heterocycles. The Hall–Kier alpha value is -2.12. The standard InChI is InChI=1S/C18H24BNO5/c1-12(22)20-10-14(19-24-17(2,3)18(4,5)25-19)9-15-13(11-21)7-6-8-16(15)23/h6-9,11,23H,10H2,1-5H3,(H,20,22). The first-order valence-electron chi connectivity index (χ1n) is 8.15. The molecule has 0 atom stereocenters. The fourth-order valence-electron chi connectivity index (χ4n) is 2.44. The predicted octanol–water partition coefficient (Wildman–Crippen LogP) is 2.36. The number of rotatable bonds is 5. The van der Waals surface area contributed by atoms with Crippen LogP contribution in [0.3, 0.4) is 0 Å². The van der Waals surface area contributed by atoms with Crippen LogP contribution < -0.4 is 5.32 Å². The van der Waals surface area contributed by atoms with E-state index in [1.807, 2.05) is 27.7 Å². The predicted molar refractivity (Wildman–Crippen MR) is 96.2 cm³/mol. The molecule has 0 bridgehead atoms. The molecule has 0 saturated carbocycles. The van der Waals surface area contributed by atoms with Gasteiger partial charge in [-0.05, 0) is 39.2 Å². The molecule has 1 aliphatic rings. The van der Waals surface area contributed by atoms with Gasteiger partial charge in [-0.15, -0.1) is 0 Å². The van der Waals surface area contributed by atoms with Crippen LogP contribution in [0.5, 0.6) is 5.75 Å². The van der Waals surface area contributed by atoms with Crippen LogP contribution >= 0.6 is 0 Å². The van der Waals surface area contributed by atoms with Crippen LogP contribution in [-0.2, 0) is 14.1 Å². The molecule has 0 radical (unpaired) electrons. The molecular formula is C18H24BNO5. The summed E-state index contributed by atoms with van der Waals surface area (Å²) in [6.07, 6.45) is 2.31. The lowest BCUT2D eigenvalue weighted by molar-refractivity contribution is -0.118. The Labute approximate surface area is 148 Å². The number of aromatic hydroxyl groups is 1. The minimum atomic E-state index is -0.698. The molecule has 0 spiro atoms. The van der Waals surface area contributed by atoms with E-state index in [-0.39, 0.29) is 18.2 Å². The quantitative estimate of drug-likeness (QED) is 0.632. The molecule has 1 amide bonds. The maximum atomic E-state index is 11.3. The van der Waals surface area contributed by atoms with Gasteiger partial charge < -0.3 is 19.7 Å². The van der Waals surface area contributed by atoms with Crippen LogP contribution in [0.15, 0.2) is 23.7 Å². The second kappa shape index (κ2) is 7.02. The number of phenols is 1. The second-order valence-corrected chi connectivity index (χ2v) is 7.12. The summed E-state index contributed by atoms with van der Waals surface area (Å²) < 4.78 is 12.1. The third-order valence-electron chi connectivity index (χ3n) is 4.67. The van der Waals surface area contributed by atoms with E-state index in [4.69, 9.17) is 9.31 Å². The molecular weight excluding hydrogens is 321 g/mol. The van der Waals surface area contributed by atoms with Crippen molar-refractivity contribution in [3.63, 3.8) is 0 Å². The number of carbonyl (C=O) groups excluding carboxylic acids is 2. The summed E-state index contributed by atoms with van der Waals surface area (Å²) in [5.74, 6) is -0.225. The van der Waals surface area contributed by atoms with Crippen molar-refractivity contribution in [2.45, 2.75) is 45.8 Å². The van der Waals surface area contributed by atoms with Crippen molar-refractivity contribution >= 4 is 25.4 Å². The lowest BCUT2D eigenvalue weighted by atomic mass is 9.76. The van der Waals surface area contributed by atoms with E-state index < -0.39 is 18.3 Å². The number of aldehydes is 1. The van der Waals surface area contributed by atoms with Gasteiger partial charge in [0, 0.05) is 24.6 Å². The molecule has 1 saturated heterocycles. The fraction of sp³-hybridized carbons (Fsp3) is 0.444. The van der Waals surface area contributed by atoms with E-state index in [1.165, 1.54) is 13.0 Å². The van der Waals surface area contributed by atoms with Crippen molar-refractivity contribution in [3.05, 3.63) is 34.8 Å². The van der Waals surface area contributed by atoms with Crippen molar-refractivity contribution in [1.82, 2.24) is 5.32 Å². The summed E-state index contributed by atoms with van der Waals surface area (Å²) in [6, 6.07) is 4.70. The van der Waals surface area contributed by atoms with Crippen LogP contribution in [0.2, 0.25) is 0 Å². The molecule has 1 aromatic rings. The SMILES string of the molecule is CC(=O)NCC(=Cc1c(O)cccc1C=O)B1OC(C)(C)C(C)(C)O1. The molecule has 1 heterocycles. The monoisotopic (exact) mass is 345 g/mol. The number of amides is 1. The second-order valence-electron chi connectivity index (χ2n) is 7.12. The number of hydrogen-bond acceptors (Lipinski definition) is 5. The van der Waals surface area contributed by atoms with Crippen molar-refractivity contribution in [3.8, 4) is 5.75 Å². The van der Waals surface area contributed by atoms with Crippen LogP contribution in [0.25, 0.3) is 6.08 Å². The first-order chi connectivity index (χ1) is 11.6. The average Bonchev–Trinajstić information content (AvgIpc) is 2.72. The molecule has 0 aliphatic carbocycles. The first kappa shape index (κ1) is 19.2. The highest BCUT2D eigenvalue weighted by Crippen LogP contribution is 2.39. The van der Waals surface area contributed by atoms with Gasteiger partial charge in [-0.3, -0.25) is 9.59 Å². The lowest BCUT2D eigenvalue weighted by Crippen LogP contribution is -2.41. The highest BCUT2D eigenvalue weighted by molar-refractivity contribution is 6.56. The summed E-state index contributed by atoms with van der Waals surface area (Å²) in [5.41, 5.74) is 0.237. The van der Waals surface area contributed by atoms with Gasteiger partial charge in [-0.25, -0.2) is 0 Å². The smallest absolute Gasteiger partial charge is 0.492 e. The molecule has 2 N–H and O–H groups in total. The number of benzene rings is 1. The summed E-state index contributed by atoms with van der Waals surface area (Å²) in [5, 5.41) is 12.8. The molecule has 0 aromatic heterocycles. The molecule has 1 fully saturated rings. The van der Waals surface area contributed by atoms with Gasteiger partial charge in [0.25, 0.3) is 0 Å². The lowest BCUT2D eigenvalue weighted by Gasteiger charge is -2.32. The third kappa shape index (κ3) is 4.11. The van der Waals surface area contributed by atoms with Gasteiger partial charge in [0.1, 0.15) is 5.75 Å². The Morgan fingerprint density at radius 1 is 1.24 bits per heavy atom. The van der Waals surface area contributed by atoms with E-state index in [9.17, 15) is 14.7 Å². The van der Waals surface area contributed by atoms with Crippen LogP contribution in [0.1, 0.15) is 50.5 Å². The Balaban J connectivity index is 2.44. The molecule has 134 valence electrons. The van der Waals surface area contributed by atoms with Crippen molar-refractivity contribution in [2.75, 3.05) is 6.54 Å². The number of phenolic OH excluding ortho intramolecular Hbond substituents is 1. The minimum absolute atomic E-state index is 0.0264. The molecule has 6 nitrogen and oxygen atoms in total. The van der Waals surface area contributed by atoms with Gasteiger partial charge >= 0.3 is 7.12 Å². The number of nitrogens with one attached hydrogen (secondary N) is 1. The van der Waals surface area contributed by atoms with E-state index in [0.717, 1.165) is 0 Å². The minimum Gasteiger partial charge on any atom is -0.507 e. The Bertz CT molecular complexity index is 695. The molecule has 2 rings (SSSR count). The fourth-order valence-corrected chi connectivity index (χ4v) is 2.44. The summed E-state index contributed by atoms with van der Waals surface area (Å²) in [4.78, 5) is 22.6. The summed E-state index contributed by atoms with van der Waals surface area (Å²) in [7, 11) is -0.698. The normalized spacial score (nSPS) is 18.9. The highest BCUT2D eigenvalue weighted by Gasteiger charge is 2.52. The number of hydrogen-bond donors (Lipinski definition) is 2. The van der Waals surface area contributed by atoms with Gasteiger partial charge in [0.05, 0.1) is 11.2 Å². The zero-order valence-corrected chi connectivity index (χ0v) is 15.3. The van der Waals surface area contributed by atoms with Gasteiger partial charge in [-0.1, -0.05) is 18.2 Å². The summed E-state index contributed by atoms with van der Waals surface area (Å²) >= 11 is 0. The van der Waals surface area contributed by atoms with Crippen LogP contribution in [-0.4, -0.2) is 42.2 Å². The van der Waals surface area contributed by atoms with Gasteiger partial charge in [0.2, 0.25) is 5.91 Å². The molecule has 7 heteroatoms. The maximum absolute atomic E-state index is 11.3. The zero-order chi connectivity index (χ0) is 18.8. The number of carbonyl (C=O) groups is 2. The summed E-state index contributed by atoms with van der Waals surface area (Å²) in [6.45, 7) is 9.32. The molecule has 0 unspecified atom stereocenters. The average molecular weight is 345 g/mol. The highest BCUT2D eigenvalue weighted by atomic mass is 16.7. The van der Waals surface area contributed by atoms with E-state index in [1.54, 1.807) is 18.2 Å². The van der Waals surface area contributed by atoms with Gasteiger partial charge in [-0.2, -0.15) is 0 Å². The van der Waals surface area contributed by atoms with Crippen molar-refractivity contribution in [2.24, 2.45) is 0 Å². The van der Waals surface area contributed by atoms with Gasteiger partial charge in [0.15, 0.2) is 6.29 Å². The van der Waals surface area contributed by atoms with Crippen molar-refractivity contribution < 1.29 is 24.0 Å². The topological polar surface area (TPSA) is 84.9 Å². The van der Waals surface area contributed by atoms with E-state index in [0.29, 0.717) is 22.9 Å².